The van der Waals surface area contributed by atoms with Crippen LogP contribution in [0.4, 0.5) is 5.69 Å². The lowest BCUT2D eigenvalue weighted by Crippen LogP contribution is -2.45. The monoisotopic (exact) mass is 287 g/mol. The van der Waals surface area contributed by atoms with Gasteiger partial charge in [-0.15, -0.1) is 0 Å². The standard InChI is InChI=1S/C18H29N3/c1-20-11-5-6-16(15-20)14-19-17-9-12-21(13-10-17)18-7-3-2-4-8-18/h2-4,7-8,16-17,19H,5-6,9-15H2,1H3. The van der Waals surface area contributed by atoms with Gasteiger partial charge in [-0.05, 0) is 63.9 Å². The summed E-state index contributed by atoms with van der Waals surface area (Å²) in [7, 11) is 2.25. The summed E-state index contributed by atoms with van der Waals surface area (Å²) in [5.41, 5.74) is 1.38. The largest absolute Gasteiger partial charge is 0.371 e. The van der Waals surface area contributed by atoms with Crippen LogP contribution >= 0.6 is 0 Å². The molecule has 2 fully saturated rings. The highest BCUT2D eigenvalue weighted by molar-refractivity contribution is 5.46. The zero-order chi connectivity index (χ0) is 14.5. The Morgan fingerprint density at radius 2 is 1.81 bits per heavy atom. The quantitative estimate of drug-likeness (QED) is 0.918. The molecule has 1 unspecified atom stereocenters. The van der Waals surface area contributed by atoms with Crippen molar-refractivity contribution < 1.29 is 0 Å². The van der Waals surface area contributed by atoms with Crippen LogP contribution in [0, 0.1) is 5.92 Å². The fourth-order valence-electron chi connectivity index (χ4n) is 3.75. The van der Waals surface area contributed by atoms with Crippen molar-refractivity contribution in [2.45, 2.75) is 31.7 Å². The van der Waals surface area contributed by atoms with E-state index >= 15 is 0 Å². The first kappa shape index (κ1) is 14.9. The number of piperidine rings is 2. The van der Waals surface area contributed by atoms with E-state index in [0.717, 1.165) is 12.0 Å². The number of anilines is 1. The van der Waals surface area contributed by atoms with Gasteiger partial charge in [0, 0.05) is 31.4 Å². The molecule has 3 heteroatoms. The molecule has 2 aliphatic heterocycles. The number of para-hydroxylation sites is 1. The van der Waals surface area contributed by atoms with Crippen molar-refractivity contribution in [3.05, 3.63) is 30.3 Å². The average Bonchev–Trinajstić information content (AvgIpc) is 2.54. The Morgan fingerprint density at radius 1 is 1.05 bits per heavy atom. The number of hydrogen-bond acceptors (Lipinski definition) is 3. The highest BCUT2D eigenvalue weighted by Crippen LogP contribution is 2.20. The van der Waals surface area contributed by atoms with Crippen LogP contribution in [0.3, 0.4) is 0 Å². The fraction of sp³-hybridized carbons (Fsp3) is 0.667. The Morgan fingerprint density at radius 3 is 2.52 bits per heavy atom. The summed E-state index contributed by atoms with van der Waals surface area (Å²) in [6.45, 7) is 6.14. The number of rotatable bonds is 4. The second kappa shape index (κ2) is 7.28. The fourth-order valence-corrected chi connectivity index (χ4v) is 3.75. The minimum absolute atomic E-state index is 0.720. The predicted molar refractivity (Wildman–Crippen MR) is 89.9 cm³/mol. The third kappa shape index (κ3) is 4.21. The Hall–Kier alpha value is -1.06. The van der Waals surface area contributed by atoms with Crippen molar-refractivity contribution in [1.82, 2.24) is 10.2 Å². The van der Waals surface area contributed by atoms with E-state index in [0.29, 0.717) is 0 Å². The molecular weight excluding hydrogens is 258 g/mol. The summed E-state index contributed by atoms with van der Waals surface area (Å²) in [5, 5.41) is 3.83. The van der Waals surface area contributed by atoms with Crippen molar-refractivity contribution in [1.29, 1.82) is 0 Å². The second-order valence-electron chi connectivity index (χ2n) is 6.78. The van der Waals surface area contributed by atoms with Crippen LogP contribution in [-0.4, -0.2) is 50.7 Å². The molecule has 2 aliphatic rings. The zero-order valence-corrected chi connectivity index (χ0v) is 13.3. The number of nitrogens with one attached hydrogen (secondary N) is 1. The molecule has 21 heavy (non-hydrogen) atoms. The molecule has 0 aromatic heterocycles. The van der Waals surface area contributed by atoms with Gasteiger partial charge in [0.25, 0.3) is 0 Å². The van der Waals surface area contributed by atoms with E-state index < -0.39 is 0 Å². The third-order valence-electron chi connectivity index (χ3n) is 5.03. The van der Waals surface area contributed by atoms with Gasteiger partial charge in [0.2, 0.25) is 0 Å². The van der Waals surface area contributed by atoms with Gasteiger partial charge in [0.1, 0.15) is 0 Å². The molecule has 0 spiro atoms. The summed E-state index contributed by atoms with van der Waals surface area (Å²) in [5.74, 6) is 0.857. The molecule has 1 aromatic carbocycles. The SMILES string of the molecule is CN1CCCC(CNC2CCN(c3ccccc3)CC2)C1. The van der Waals surface area contributed by atoms with Gasteiger partial charge in [-0.25, -0.2) is 0 Å². The number of hydrogen-bond donors (Lipinski definition) is 1. The van der Waals surface area contributed by atoms with E-state index in [4.69, 9.17) is 0 Å². The molecule has 0 radical (unpaired) electrons. The molecule has 2 heterocycles. The first-order valence-corrected chi connectivity index (χ1v) is 8.53. The number of likely N-dealkylation sites (tertiary alicyclic amines) is 1. The summed E-state index contributed by atoms with van der Waals surface area (Å²) < 4.78 is 0. The lowest BCUT2D eigenvalue weighted by molar-refractivity contribution is 0.200. The van der Waals surface area contributed by atoms with Crippen LogP contribution < -0.4 is 10.2 Å². The first-order valence-electron chi connectivity index (χ1n) is 8.53. The van der Waals surface area contributed by atoms with Gasteiger partial charge in [-0.2, -0.15) is 0 Å². The minimum Gasteiger partial charge on any atom is -0.371 e. The van der Waals surface area contributed by atoms with E-state index in [1.807, 2.05) is 0 Å². The van der Waals surface area contributed by atoms with Crippen molar-refractivity contribution in [3.63, 3.8) is 0 Å². The molecule has 3 rings (SSSR count). The number of nitrogens with zero attached hydrogens (tertiary/aromatic N) is 2. The molecule has 3 nitrogen and oxygen atoms in total. The smallest absolute Gasteiger partial charge is 0.0366 e. The van der Waals surface area contributed by atoms with Crippen molar-refractivity contribution >= 4 is 5.69 Å². The predicted octanol–water partition coefficient (Wildman–Crippen LogP) is 2.59. The maximum Gasteiger partial charge on any atom is 0.0366 e. The van der Waals surface area contributed by atoms with Crippen LogP contribution in [0.5, 0.6) is 0 Å². The van der Waals surface area contributed by atoms with E-state index in [2.05, 4.69) is 52.5 Å². The van der Waals surface area contributed by atoms with Crippen molar-refractivity contribution in [2.24, 2.45) is 5.92 Å². The molecule has 1 atom stereocenters. The topological polar surface area (TPSA) is 18.5 Å². The van der Waals surface area contributed by atoms with Crippen LogP contribution in [0.15, 0.2) is 30.3 Å². The highest BCUT2D eigenvalue weighted by Gasteiger charge is 2.21. The molecule has 0 aliphatic carbocycles. The summed E-state index contributed by atoms with van der Waals surface area (Å²) in [6, 6.07) is 11.5. The normalized spacial score (nSPS) is 25.2. The van der Waals surface area contributed by atoms with Gasteiger partial charge in [-0.1, -0.05) is 18.2 Å². The average molecular weight is 287 g/mol. The lowest BCUT2D eigenvalue weighted by Gasteiger charge is -2.36. The Kier molecular flexibility index (Phi) is 5.15. The Labute approximate surface area is 129 Å². The first-order chi connectivity index (χ1) is 10.3. The summed E-state index contributed by atoms with van der Waals surface area (Å²) in [4.78, 5) is 5.00. The van der Waals surface area contributed by atoms with Gasteiger partial charge >= 0.3 is 0 Å². The van der Waals surface area contributed by atoms with Gasteiger partial charge in [0.05, 0.1) is 0 Å². The molecule has 1 aromatic rings. The van der Waals surface area contributed by atoms with Crippen molar-refractivity contribution in [3.8, 4) is 0 Å². The van der Waals surface area contributed by atoms with E-state index in [1.165, 1.54) is 64.1 Å². The maximum atomic E-state index is 3.83. The van der Waals surface area contributed by atoms with Crippen LogP contribution in [0.1, 0.15) is 25.7 Å². The van der Waals surface area contributed by atoms with Crippen LogP contribution in [-0.2, 0) is 0 Å². The molecule has 0 amide bonds. The molecule has 2 saturated heterocycles. The highest BCUT2D eigenvalue weighted by atomic mass is 15.1. The van der Waals surface area contributed by atoms with E-state index in [-0.39, 0.29) is 0 Å². The van der Waals surface area contributed by atoms with Gasteiger partial charge < -0.3 is 15.1 Å². The minimum atomic E-state index is 0.720. The van der Waals surface area contributed by atoms with Gasteiger partial charge in [0.15, 0.2) is 0 Å². The lowest BCUT2D eigenvalue weighted by atomic mass is 9.97. The Bertz CT molecular complexity index is 412. The van der Waals surface area contributed by atoms with E-state index in [1.54, 1.807) is 0 Å². The molecule has 116 valence electrons. The van der Waals surface area contributed by atoms with Gasteiger partial charge in [-0.3, -0.25) is 0 Å². The third-order valence-corrected chi connectivity index (χ3v) is 5.03. The Balaban J connectivity index is 1.40. The van der Waals surface area contributed by atoms with Crippen LogP contribution in [0.25, 0.3) is 0 Å². The zero-order valence-electron chi connectivity index (χ0n) is 13.3. The summed E-state index contributed by atoms with van der Waals surface area (Å²) in [6.07, 6.45) is 5.32. The van der Waals surface area contributed by atoms with Crippen LogP contribution in [0.2, 0.25) is 0 Å². The summed E-state index contributed by atoms with van der Waals surface area (Å²) >= 11 is 0. The maximum absolute atomic E-state index is 3.83. The second-order valence-corrected chi connectivity index (χ2v) is 6.78. The molecular formula is C18H29N3. The van der Waals surface area contributed by atoms with E-state index in [9.17, 15) is 0 Å². The number of benzene rings is 1. The van der Waals surface area contributed by atoms with Crippen molar-refractivity contribution in [2.75, 3.05) is 44.7 Å². The molecule has 0 saturated carbocycles. The molecule has 1 N–H and O–H groups in total. The molecule has 0 bridgehead atoms.